The van der Waals surface area contributed by atoms with E-state index >= 15 is 0 Å². The summed E-state index contributed by atoms with van der Waals surface area (Å²) >= 11 is 0. The number of carbonyl (C=O) groups is 1. The number of nitrogens with zero attached hydrogens (tertiary/aromatic N) is 1. The molecule has 1 aromatic rings. The second-order valence-electron chi connectivity index (χ2n) is 6.14. The van der Waals surface area contributed by atoms with Gasteiger partial charge in [0.2, 0.25) is 5.91 Å². The van der Waals surface area contributed by atoms with Gasteiger partial charge in [0.05, 0.1) is 0 Å². The van der Waals surface area contributed by atoms with Crippen molar-refractivity contribution < 1.29 is 4.79 Å². The second kappa shape index (κ2) is 9.56. The zero-order valence-corrected chi connectivity index (χ0v) is 13.7. The van der Waals surface area contributed by atoms with Crippen LogP contribution in [0.2, 0.25) is 0 Å². The Balaban J connectivity index is 2.48. The number of hydrogen-bond donors (Lipinski definition) is 1. The molecule has 0 bridgehead atoms. The molecule has 3 heteroatoms. The van der Waals surface area contributed by atoms with E-state index in [-0.39, 0.29) is 5.91 Å². The van der Waals surface area contributed by atoms with Crippen LogP contribution >= 0.6 is 0 Å². The van der Waals surface area contributed by atoms with Gasteiger partial charge < -0.3 is 10.6 Å². The zero-order chi connectivity index (χ0) is 15.7. The number of carbonyl (C=O) groups excluding carboxylic acids is 1. The quantitative estimate of drug-likeness (QED) is 0.759. The number of rotatable bonds is 9. The van der Waals surface area contributed by atoms with Gasteiger partial charge in [-0.25, -0.2) is 0 Å². The molecule has 0 aliphatic carbocycles. The predicted octanol–water partition coefficient (Wildman–Crippen LogP) is 3.09. The van der Waals surface area contributed by atoms with E-state index < -0.39 is 0 Å². The summed E-state index contributed by atoms with van der Waals surface area (Å²) in [6.45, 7) is 8.56. The van der Waals surface area contributed by atoms with E-state index in [9.17, 15) is 4.79 Å². The molecule has 2 N–H and O–H groups in total. The summed E-state index contributed by atoms with van der Waals surface area (Å²) in [7, 11) is 0. The normalized spacial score (nSPS) is 12.4. The van der Waals surface area contributed by atoms with E-state index in [1.165, 1.54) is 5.56 Å². The van der Waals surface area contributed by atoms with E-state index in [0.29, 0.717) is 24.8 Å². The maximum Gasteiger partial charge on any atom is 0.222 e. The largest absolute Gasteiger partial charge is 0.343 e. The third-order valence-corrected chi connectivity index (χ3v) is 3.85. The summed E-state index contributed by atoms with van der Waals surface area (Å²) in [6.07, 6.45) is 2.52. The lowest BCUT2D eigenvalue weighted by molar-refractivity contribution is -0.132. The van der Waals surface area contributed by atoms with Crippen molar-refractivity contribution in [1.29, 1.82) is 0 Å². The van der Waals surface area contributed by atoms with Crippen LogP contribution in [0.4, 0.5) is 0 Å². The minimum Gasteiger partial charge on any atom is -0.343 e. The minimum absolute atomic E-state index is 0.240. The number of likely N-dealkylation sites (N-methyl/N-ethyl adjacent to an activating group) is 1. The van der Waals surface area contributed by atoms with E-state index in [1.807, 2.05) is 30.0 Å². The van der Waals surface area contributed by atoms with Gasteiger partial charge in [-0.1, -0.05) is 44.2 Å². The van der Waals surface area contributed by atoms with Gasteiger partial charge in [0.25, 0.3) is 0 Å². The van der Waals surface area contributed by atoms with Crippen LogP contribution in [-0.2, 0) is 11.2 Å². The summed E-state index contributed by atoms with van der Waals surface area (Å²) in [4.78, 5) is 14.4. The summed E-state index contributed by atoms with van der Waals surface area (Å²) < 4.78 is 0. The first-order valence-corrected chi connectivity index (χ1v) is 8.08. The van der Waals surface area contributed by atoms with E-state index in [4.69, 9.17) is 5.73 Å². The van der Waals surface area contributed by atoms with Crippen LogP contribution in [0.5, 0.6) is 0 Å². The highest BCUT2D eigenvalue weighted by Crippen LogP contribution is 2.16. The number of nitrogens with two attached hydrogens (primary N) is 1. The number of hydrogen-bond acceptors (Lipinski definition) is 2. The fourth-order valence-corrected chi connectivity index (χ4v) is 2.67. The summed E-state index contributed by atoms with van der Waals surface area (Å²) in [5.74, 6) is 1.14. The SMILES string of the molecule is CCN(CCc1ccccc1)C(=O)CC(CN)CC(C)C. The summed E-state index contributed by atoms with van der Waals surface area (Å²) in [6, 6.07) is 10.3. The molecule has 1 amide bonds. The summed E-state index contributed by atoms with van der Waals surface area (Å²) in [5, 5.41) is 0. The van der Waals surface area contributed by atoms with Gasteiger partial charge in [-0.15, -0.1) is 0 Å². The first-order valence-electron chi connectivity index (χ1n) is 8.08. The Morgan fingerprint density at radius 3 is 2.43 bits per heavy atom. The standard InChI is InChI=1S/C18H30N2O/c1-4-20(11-10-16-8-6-5-7-9-16)18(21)13-17(14-19)12-15(2)3/h5-9,15,17H,4,10-14,19H2,1-3H3. The van der Waals surface area contributed by atoms with Gasteiger partial charge in [-0.2, -0.15) is 0 Å². The first kappa shape index (κ1) is 17.7. The molecule has 21 heavy (non-hydrogen) atoms. The topological polar surface area (TPSA) is 46.3 Å². The van der Waals surface area contributed by atoms with Gasteiger partial charge in [0, 0.05) is 19.5 Å². The third kappa shape index (κ3) is 6.76. The van der Waals surface area contributed by atoms with Gasteiger partial charge in [0.15, 0.2) is 0 Å². The van der Waals surface area contributed by atoms with Crippen molar-refractivity contribution in [2.24, 2.45) is 17.6 Å². The molecule has 0 heterocycles. The lowest BCUT2D eigenvalue weighted by atomic mass is 9.93. The highest BCUT2D eigenvalue weighted by molar-refractivity contribution is 5.76. The smallest absolute Gasteiger partial charge is 0.222 e. The molecule has 0 saturated carbocycles. The number of benzene rings is 1. The molecule has 118 valence electrons. The Morgan fingerprint density at radius 2 is 1.90 bits per heavy atom. The Morgan fingerprint density at radius 1 is 1.24 bits per heavy atom. The molecule has 0 aliphatic heterocycles. The molecule has 1 atom stereocenters. The Bertz CT molecular complexity index is 403. The molecule has 0 aromatic heterocycles. The highest BCUT2D eigenvalue weighted by atomic mass is 16.2. The molecule has 0 aliphatic rings. The van der Waals surface area contributed by atoms with Crippen molar-refractivity contribution in [2.45, 2.75) is 40.0 Å². The Kier molecular flexibility index (Phi) is 8.06. The first-order chi connectivity index (χ1) is 10.1. The zero-order valence-electron chi connectivity index (χ0n) is 13.7. The van der Waals surface area contributed by atoms with Gasteiger partial charge >= 0.3 is 0 Å². The van der Waals surface area contributed by atoms with Crippen LogP contribution < -0.4 is 5.73 Å². The van der Waals surface area contributed by atoms with E-state index in [2.05, 4.69) is 26.0 Å². The van der Waals surface area contributed by atoms with Crippen LogP contribution in [0.15, 0.2) is 30.3 Å². The highest BCUT2D eigenvalue weighted by Gasteiger charge is 2.18. The fourth-order valence-electron chi connectivity index (χ4n) is 2.67. The molecule has 1 unspecified atom stereocenters. The van der Waals surface area contributed by atoms with E-state index in [0.717, 1.165) is 25.9 Å². The second-order valence-corrected chi connectivity index (χ2v) is 6.14. The van der Waals surface area contributed by atoms with Crippen molar-refractivity contribution in [3.63, 3.8) is 0 Å². The molecule has 0 radical (unpaired) electrons. The van der Waals surface area contributed by atoms with Crippen LogP contribution in [0.1, 0.15) is 39.2 Å². The van der Waals surface area contributed by atoms with Crippen molar-refractivity contribution in [3.05, 3.63) is 35.9 Å². The average Bonchev–Trinajstić information content (AvgIpc) is 2.47. The van der Waals surface area contributed by atoms with Gasteiger partial charge in [-0.3, -0.25) is 4.79 Å². The van der Waals surface area contributed by atoms with Crippen molar-refractivity contribution >= 4 is 5.91 Å². The summed E-state index contributed by atoms with van der Waals surface area (Å²) in [5.41, 5.74) is 7.08. The average molecular weight is 290 g/mol. The van der Waals surface area contributed by atoms with Crippen LogP contribution in [0.3, 0.4) is 0 Å². The van der Waals surface area contributed by atoms with Crippen molar-refractivity contribution in [3.8, 4) is 0 Å². The molecule has 0 saturated heterocycles. The molecule has 1 rings (SSSR count). The Hall–Kier alpha value is -1.35. The fraction of sp³-hybridized carbons (Fsp3) is 0.611. The molecular weight excluding hydrogens is 260 g/mol. The van der Waals surface area contributed by atoms with Gasteiger partial charge in [0.1, 0.15) is 0 Å². The molecule has 0 spiro atoms. The molecule has 0 fully saturated rings. The number of amides is 1. The van der Waals surface area contributed by atoms with E-state index in [1.54, 1.807) is 0 Å². The molecule has 3 nitrogen and oxygen atoms in total. The third-order valence-electron chi connectivity index (χ3n) is 3.85. The minimum atomic E-state index is 0.240. The molecular formula is C18H30N2O. The van der Waals surface area contributed by atoms with Crippen LogP contribution in [0.25, 0.3) is 0 Å². The Labute approximate surface area is 129 Å². The van der Waals surface area contributed by atoms with Crippen LogP contribution in [0, 0.1) is 11.8 Å². The predicted molar refractivity (Wildman–Crippen MR) is 89.0 cm³/mol. The lowest BCUT2D eigenvalue weighted by Gasteiger charge is -2.24. The van der Waals surface area contributed by atoms with Gasteiger partial charge in [-0.05, 0) is 43.7 Å². The van der Waals surface area contributed by atoms with Crippen molar-refractivity contribution in [2.75, 3.05) is 19.6 Å². The maximum atomic E-state index is 12.4. The van der Waals surface area contributed by atoms with Crippen molar-refractivity contribution in [1.82, 2.24) is 4.90 Å². The molecule has 1 aromatic carbocycles. The van der Waals surface area contributed by atoms with Crippen LogP contribution in [-0.4, -0.2) is 30.4 Å². The lowest BCUT2D eigenvalue weighted by Crippen LogP contribution is -2.35. The maximum absolute atomic E-state index is 12.4. The monoisotopic (exact) mass is 290 g/mol.